The van der Waals surface area contributed by atoms with Gasteiger partial charge in [0.15, 0.2) is 11.3 Å². The van der Waals surface area contributed by atoms with Gasteiger partial charge >= 0.3 is 5.97 Å². The number of hydrogen-bond donors (Lipinski definition) is 2. The number of nitrogens with one attached hydrogen (secondary N) is 1. The summed E-state index contributed by atoms with van der Waals surface area (Å²) in [6.45, 7) is 2.91. The van der Waals surface area contributed by atoms with E-state index in [0.29, 0.717) is 0 Å². The van der Waals surface area contributed by atoms with Crippen LogP contribution in [-0.4, -0.2) is 41.4 Å². The van der Waals surface area contributed by atoms with E-state index in [1.807, 2.05) is 0 Å². The summed E-state index contributed by atoms with van der Waals surface area (Å²) in [5.41, 5.74) is -1.03. The van der Waals surface area contributed by atoms with Gasteiger partial charge < -0.3 is 14.8 Å². The molecule has 0 fully saturated rings. The van der Waals surface area contributed by atoms with Gasteiger partial charge in [-0.2, -0.15) is 5.10 Å². The molecule has 0 unspecified atom stereocenters. The second-order valence-corrected chi connectivity index (χ2v) is 7.33. The minimum atomic E-state index is -3.54. The Hall–Kier alpha value is -2.62. The Bertz CT molecular complexity index is 862. The second-order valence-electron chi connectivity index (χ2n) is 5.38. The van der Waals surface area contributed by atoms with Gasteiger partial charge in [0.25, 0.3) is 5.91 Å². The zero-order chi connectivity index (χ0) is 17.4. The first-order chi connectivity index (χ1) is 10.5. The van der Waals surface area contributed by atoms with Crippen LogP contribution in [0.4, 0.5) is 5.69 Å². The van der Waals surface area contributed by atoms with E-state index in [4.69, 9.17) is 9.52 Å². The molecule has 0 aliphatic heterocycles. The van der Waals surface area contributed by atoms with Crippen LogP contribution in [0.25, 0.3) is 0 Å². The van der Waals surface area contributed by atoms with Crippen LogP contribution in [0, 0.1) is 0 Å². The monoisotopic (exact) mass is 341 g/mol. The van der Waals surface area contributed by atoms with Crippen molar-refractivity contribution >= 4 is 27.4 Å². The third kappa shape index (κ3) is 3.42. The number of aromatic nitrogens is 2. The van der Waals surface area contributed by atoms with Gasteiger partial charge in [0.2, 0.25) is 14.9 Å². The molecule has 2 rings (SSSR count). The van der Waals surface area contributed by atoms with Gasteiger partial charge in [0.05, 0.1) is 11.9 Å². The van der Waals surface area contributed by atoms with E-state index in [1.165, 1.54) is 43.1 Å². The molecule has 0 radical (unpaired) electrons. The first-order valence-corrected chi connectivity index (χ1v) is 8.31. The number of carbonyl (C=O) groups excluding carboxylic acids is 1. The first-order valence-electron chi connectivity index (χ1n) is 6.41. The highest BCUT2D eigenvalue weighted by Crippen LogP contribution is 2.19. The van der Waals surface area contributed by atoms with E-state index in [-0.39, 0.29) is 16.5 Å². The van der Waals surface area contributed by atoms with Crippen molar-refractivity contribution < 1.29 is 27.5 Å². The molecule has 0 saturated carbocycles. The van der Waals surface area contributed by atoms with Crippen molar-refractivity contribution in [3.05, 3.63) is 30.3 Å². The fourth-order valence-electron chi connectivity index (χ4n) is 1.63. The highest BCUT2D eigenvalue weighted by Gasteiger charge is 2.30. The summed E-state index contributed by atoms with van der Waals surface area (Å²) in [6.07, 6.45) is 3.60. The summed E-state index contributed by atoms with van der Waals surface area (Å²) >= 11 is 0. The Labute approximate surface area is 131 Å². The average molecular weight is 341 g/mol. The standard InChI is InChI=1S/C13H15N3O6S/c1-13(2,12(18)19)16-7-8(6-14-16)15-11(17)9-4-5-10(22-9)23(3,20)21/h4-7H,1-3H3,(H,15,17)(H,18,19). The van der Waals surface area contributed by atoms with E-state index in [9.17, 15) is 18.0 Å². The van der Waals surface area contributed by atoms with E-state index in [0.717, 1.165) is 6.26 Å². The molecule has 2 N–H and O–H groups in total. The molecule has 2 aromatic heterocycles. The van der Waals surface area contributed by atoms with Crippen LogP contribution in [-0.2, 0) is 20.2 Å². The SMILES string of the molecule is CC(C)(C(=O)O)n1cc(NC(=O)c2ccc(S(C)(=O)=O)o2)cn1. The molecule has 0 bridgehead atoms. The zero-order valence-corrected chi connectivity index (χ0v) is 13.4. The highest BCUT2D eigenvalue weighted by molar-refractivity contribution is 7.90. The van der Waals surface area contributed by atoms with Gasteiger partial charge in [0, 0.05) is 12.5 Å². The van der Waals surface area contributed by atoms with Crippen molar-refractivity contribution in [3.63, 3.8) is 0 Å². The molecule has 2 heterocycles. The molecular weight excluding hydrogens is 326 g/mol. The van der Waals surface area contributed by atoms with Gasteiger partial charge in [-0.05, 0) is 26.0 Å². The number of amides is 1. The Kier molecular flexibility index (Phi) is 4.03. The summed E-state index contributed by atoms with van der Waals surface area (Å²) in [7, 11) is -3.54. The molecule has 0 aromatic carbocycles. The van der Waals surface area contributed by atoms with E-state index >= 15 is 0 Å². The number of hydrogen-bond acceptors (Lipinski definition) is 6. The van der Waals surface area contributed by atoms with Crippen LogP contribution in [0.5, 0.6) is 0 Å². The number of carboxylic acid groups (broad SMARTS) is 1. The predicted molar refractivity (Wildman–Crippen MR) is 79.0 cm³/mol. The Morgan fingerprint density at radius 2 is 2.00 bits per heavy atom. The van der Waals surface area contributed by atoms with E-state index in [1.54, 1.807) is 0 Å². The minimum absolute atomic E-state index is 0.185. The third-order valence-corrected chi connectivity index (χ3v) is 4.06. The lowest BCUT2D eigenvalue weighted by Crippen LogP contribution is -2.35. The molecule has 0 aliphatic rings. The normalized spacial score (nSPS) is 12.1. The number of rotatable bonds is 5. The van der Waals surface area contributed by atoms with Crippen molar-refractivity contribution in [1.29, 1.82) is 0 Å². The quantitative estimate of drug-likeness (QED) is 0.827. The number of carboxylic acids is 1. The molecule has 10 heteroatoms. The average Bonchev–Trinajstić information content (AvgIpc) is 3.06. The van der Waals surface area contributed by atoms with Crippen LogP contribution in [0.15, 0.2) is 34.0 Å². The van der Waals surface area contributed by atoms with Crippen molar-refractivity contribution in [2.24, 2.45) is 0 Å². The van der Waals surface area contributed by atoms with Gasteiger partial charge in [0.1, 0.15) is 0 Å². The fraction of sp³-hybridized carbons (Fsp3) is 0.308. The summed E-state index contributed by atoms with van der Waals surface area (Å²) in [5, 5.41) is 15.2. The molecule has 124 valence electrons. The number of aliphatic carboxylic acids is 1. The Morgan fingerprint density at radius 3 is 2.52 bits per heavy atom. The molecule has 2 aromatic rings. The first kappa shape index (κ1) is 16.7. The number of anilines is 1. The lowest BCUT2D eigenvalue weighted by atomic mass is 10.1. The minimum Gasteiger partial charge on any atom is -0.479 e. The third-order valence-electron chi connectivity index (χ3n) is 3.11. The van der Waals surface area contributed by atoms with Crippen LogP contribution >= 0.6 is 0 Å². The summed E-state index contributed by atoms with van der Waals surface area (Å²) in [5.74, 6) is -1.94. The zero-order valence-electron chi connectivity index (χ0n) is 12.6. The van der Waals surface area contributed by atoms with Gasteiger partial charge in [-0.15, -0.1) is 0 Å². The van der Waals surface area contributed by atoms with Gasteiger partial charge in [-0.25, -0.2) is 13.2 Å². The molecule has 1 amide bonds. The van der Waals surface area contributed by atoms with Crippen LogP contribution in [0.3, 0.4) is 0 Å². The largest absolute Gasteiger partial charge is 0.479 e. The van der Waals surface area contributed by atoms with Crippen LogP contribution in [0.2, 0.25) is 0 Å². The van der Waals surface area contributed by atoms with Crippen molar-refractivity contribution in [2.75, 3.05) is 11.6 Å². The molecule has 0 aliphatic carbocycles. The van der Waals surface area contributed by atoms with Gasteiger partial charge in [-0.3, -0.25) is 9.48 Å². The van der Waals surface area contributed by atoms with Crippen molar-refractivity contribution in [2.45, 2.75) is 24.5 Å². The van der Waals surface area contributed by atoms with E-state index < -0.39 is 27.3 Å². The molecule has 0 saturated heterocycles. The topological polar surface area (TPSA) is 132 Å². The van der Waals surface area contributed by atoms with Crippen molar-refractivity contribution in [1.82, 2.24) is 9.78 Å². The van der Waals surface area contributed by atoms with Crippen LogP contribution in [0.1, 0.15) is 24.4 Å². The second kappa shape index (κ2) is 5.54. The van der Waals surface area contributed by atoms with E-state index in [2.05, 4.69) is 10.4 Å². The maximum absolute atomic E-state index is 12.0. The summed E-state index contributed by atoms with van der Waals surface area (Å²) in [6, 6.07) is 2.42. The fourth-order valence-corrected chi connectivity index (χ4v) is 2.18. The molecule has 23 heavy (non-hydrogen) atoms. The lowest BCUT2D eigenvalue weighted by Gasteiger charge is -2.19. The lowest BCUT2D eigenvalue weighted by molar-refractivity contribution is -0.146. The maximum Gasteiger partial charge on any atom is 0.331 e. The van der Waals surface area contributed by atoms with Gasteiger partial charge in [-0.1, -0.05) is 0 Å². The number of sulfone groups is 1. The Morgan fingerprint density at radius 1 is 1.35 bits per heavy atom. The van der Waals surface area contributed by atoms with Crippen molar-refractivity contribution in [3.8, 4) is 0 Å². The Balaban J connectivity index is 2.17. The molecule has 0 atom stereocenters. The highest BCUT2D eigenvalue weighted by atomic mass is 32.2. The summed E-state index contributed by atoms with van der Waals surface area (Å²) in [4.78, 5) is 23.1. The number of carbonyl (C=O) groups is 2. The molecule has 0 spiro atoms. The number of nitrogens with zero attached hydrogens (tertiary/aromatic N) is 2. The predicted octanol–water partition coefficient (Wildman–Crippen LogP) is 0.952. The smallest absolute Gasteiger partial charge is 0.331 e. The summed E-state index contributed by atoms with van der Waals surface area (Å²) < 4.78 is 28.8. The van der Waals surface area contributed by atoms with Crippen LogP contribution < -0.4 is 5.32 Å². The molecular formula is C13H15N3O6S. The maximum atomic E-state index is 12.0. The molecule has 9 nitrogen and oxygen atoms in total. The number of furan rings is 1.